The minimum absolute atomic E-state index is 0.443. The number of benzene rings is 1. The van der Waals surface area contributed by atoms with Crippen molar-refractivity contribution >= 4 is 17.6 Å². The highest BCUT2D eigenvalue weighted by atomic mass is 19.4. The summed E-state index contributed by atoms with van der Waals surface area (Å²) < 4.78 is 52.2. The second kappa shape index (κ2) is 4.77. The number of hydrogen-bond acceptors (Lipinski definition) is 2. The van der Waals surface area contributed by atoms with Crippen molar-refractivity contribution in [3.63, 3.8) is 0 Å². The molecule has 1 heterocycles. The van der Waals surface area contributed by atoms with E-state index >= 15 is 0 Å². The molecule has 0 saturated carbocycles. The molecule has 0 spiro atoms. The molecule has 20 heavy (non-hydrogen) atoms. The molecule has 1 amide bonds. The van der Waals surface area contributed by atoms with Gasteiger partial charge in [0.2, 0.25) is 5.91 Å². The topological polar surface area (TPSA) is 57.6 Å². The Kier molecular flexibility index (Phi) is 3.41. The summed E-state index contributed by atoms with van der Waals surface area (Å²) in [5.74, 6) is -4.49. The Hall–Kier alpha value is -2.12. The molecule has 1 aliphatic heterocycles. The zero-order valence-electron chi connectivity index (χ0n) is 9.95. The summed E-state index contributed by atoms with van der Waals surface area (Å²) in [7, 11) is 0. The van der Waals surface area contributed by atoms with Gasteiger partial charge in [0, 0.05) is 13.0 Å². The van der Waals surface area contributed by atoms with E-state index < -0.39 is 54.0 Å². The van der Waals surface area contributed by atoms with E-state index in [4.69, 9.17) is 5.11 Å². The summed E-state index contributed by atoms with van der Waals surface area (Å²) in [6.45, 7) is -0.474. The molecule has 0 aromatic heterocycles. The number of rotatable bonds is 2. The quantitative estimate of drug-likeness (QED) is 0.850. The Morgan fingerprint density at radius 3 is 2.50 bits per heavy atom. The maximum atomic E-state index is 13.7. The Balaban J connectivity index is 2.48. The van der Waals surface area contributed by atoms with Crippen LogP contribution in [-0.4, -0.2) is 23.5 Å². The zero-order chi connectivity index (χ0) is 15.1. The van der Waals surface area contributed by atoms with Gasteiger partial charge in [-0.25, -0.2) is 4.39 Å². The fourth-order valence-electron chi connectivity index (χ4n) is 2.11. The molecule has 1 aliphatic rings. The summed E-state index contributed by atoms with van der Waals surface area (Å²) >= 11 is 0. The maximum absolute atomic E-state index is 13.7. The molecule has 1 atom stereocenters. The first kappa shape index (κ1) is 14.3. The van der Waals surface area contributed by atoms with Crippen LogP contribution < -0.4 is 4.90 Å². The Labute approximate surface area is 110 Å². The lowest BCUT2D eigenvalue weighted by molar-refractivity contribution is -0.141. The molecule has 1 aromatic carbocycles. The molecule has 108 valence electrons. The number of halogens is 4. The van der Waals surface area contributed by atoms with Gasteiger partial charge in [-0.3, -0.25) is 9.59 Å². The number of alkyl halides is 3. The molecule has 4 nitrogen and oxygen atoms in total. The van der Waals surface area contributed by atoms with E-state index in [1.54, 1.807) is 0 Å². The zero-order valence-corrected chi connectivity index (χ0v) is 9.95. The highest BCUT2D eigenvalue weighted by molar-refractivity contribution is 6.00. The Morgan fingerprint density at radius 1 is 1.35 bits per heavy atom. The van der Waals surface area contributed by atoms with Gasteiger partial charge in [0.25, 0.3) is 0 Å². The molecule has 0 aliphatic carbocycles. The molecule has 1 fully saturated rings. The standard InChI is InChI=1S/C12H9F4NO3/c13-8-3-1-2-7(12(14,15)16)10(8)17-5-6(11(19)20)4-9(17)18/h1-3,6H,4-5H2,(H,19,20). The molecule has 1 saturated heterocycles. The third-order valence-corrected chi connectivity index (χ3v) is 3.04. The van der Waals surface area contributed by atoms with E-state index in [-0.39, 0.29) is 0 Å². The number of anilines is 1. The van der Waals surface area contributed by atoms with E-state index in [1.807, 2.05) is 0 Å². The number of hydrogen-bond donors (Lipinski definition) is 1. The lowest BCUT2D eigenvalue weighted by Gasteiger charge is -2.21. The van der Waals surface area contributed by atoms with Crippen LogP contribution >= 0.6 is 0 Å². The second-order valence-corrected chi connectivity index (χ2v) is 4.38. The van der Waals surface area contributed by atoms with Gasteiger partial charge in [-0.15, -0.1) is 0 Å². The van der Waals surface area contributed by atoms with Crippen LogP contribution in [0.15, 0.2) is 18.2 Å². The normalized spacial score (nSPS) is 19.5. The number of carboxylic acid groups (broad SMARTS) is 1. The van der Waals surface area contributed by atoms with E-state index in [1.165, 1.54) is 0 Å². The Bertz CT molecular complexity index is 570. The highest BCUT2D eigenvalue weighted by Crippen LogP contribution is 2.40. The molecule has 0 radical (unpaired) electrons. The van der Waals surface area contributed by atoms with Crippen LogP contribution in [0.1, 0.15) is 12.0 Å². The fraction of sp³-hybridized carbons (Fsp3) is 0.333. The predicted molar refractivity (Wildman–Crippen MR) is 59.5 cm³/mol. The molecular formula is C12H9F4NO3. The van der Waals surface area contributed by atoms with Crippen molar-refractivity contribution in [3.05, 3.63) is 29.6 Å². The highest BCUT2D eigenvalue weighted by Gasteiger charge is 2.42. The predicted octanol–water partition coefficient (Wildman–Crippen LogP) is 2.28. The van der Waals surface area contributed by atoms with Gasteiger partial charge in [0.05, 0.1) is 17.2 Å². The summed E-state index contributed by atoms with van der Waals surface area (Å²) in [5, 5.41) is 8.80. The van der Waals surface area contributed by atoms with Crippen molar-refractivity contribution in [3.8, 4) is 0 Å². The van der Waals surface area contributed by atoms with Crippen LogP contribution in [0.4, 0.5) is 23.2 Å². The average Bonchev–Trinajstić information content (AvgIpc) is 2.70. The minimum atomic E-state index is -4.83. The third kappa shape index (κ3) is 2.45. The number of para-hydroxylation sites is 1. The van der Waals surface area contributed by atoms with Crippen molar-refractivity contribution in [1.29, 1.82) is 0 Å². The molecule has 0 bridgehead atoms. The van der Waals surface area contributed by atoms with Crippen molar-refractivity contribution in [1.82, 2.24) is 0 Å². The minimum Gasteiger partial charge on any atom is -0.481 e. The fourth-order valence-corrected chi connectivity index (χ4v) is 2.11. The van der Waals surface area contributed by atoms with Crippen LogP contribution in [0.2, 0.25) is 0 Å². The number of carbonyl (C=O) groups is 2. The third-order valence-electron chi connectivity index (χ3n) is 3.04. The lowest BCUT2D eigenvalue weighted by atomic mass is 10.1. The van der Waals surface area contributed by atoms with Crippen molar-refractivity contribution in [2.75, 3.05) is 11.4 Å². The van der Waals surface area contributed by atoms with Crippen LogP contribution in [0.25, 0.3) is 0 Å². The van der Waals surface area contributed by atoms with Gasteiger partial charge in [0.1, 0.15) is 5.82 Å². The first-order valence-electron chi connectivity index (χ1n) is 5.60. The summed E-state index contributed by atoms with van der Waals surface area (Å²) in [5.41, 5.74) is -2.20. The monoisotopic (exact) mass is 291 g/mol. The van der Waals surface area contributed by atoms with Crippen molar-refractivity contribution < 1.29 is 32.3 Å². The molecule has 1 N–H and O–H groups in total. The summed E-state index contributed by atoms with van der Waals surface area (Å²) in [4.78, 5) is 23.0. The largest absolute Gasteiger partial charge is 0.481 e. The first-order chi connectivity index (χ1) is 9.21. The maximum Gasteiger partial charge on any atom is 0.418 e. The van der Waals surface area contributed by atoms with E-state index in [9.17, 15) is 27.2 Å². The van der Waals surface area contributed by atoms with Crippen LogP contribution in [0, 0.1) is 11.7 Å². The summed E-state index contributed by atoms with van der Waals surface area (Å²) in [6.07, 6.45) is -5.28. The molecule has 2 rings (SSSR count). The lowest BCUT2D eigenvalue weighted by Crippen LogP contribution is -2.29. The van der Waals surface area contributed by atoms with Crippen LogP contribution in [0.3, 0.4) is 0 Å². The van der Waals surface area contributed by atoms with E-state index in [0.29, 0.717) is 11.0 Å². The van der Waals surface area contributed by atoms with Gasteiger partial charge < -0.3 is 10.0 Å². The van der Waals surface area contributed by atoms with E-state index in [0.717, 1.165) is 12.1 Å². The van der Waals surface area contributed by atoms with Gasteiger partial charge >= 0.3 is 12.1 Å². The molecular weight excluding hydrogens is 282 g/mol. The van der Waals surface area contributed by atoms with Crippen molar-refractivity contribution in [2.24, 2.45) is 5.92 Å². The van der Waals surface area contributed by atoms with Gasteiger partial charge in [-0.05, 0) is 12.1 Å². The summed E-state index contributed by atoms with van der Waals surface area (Å²) in [6, 6.07) is 2.34. The van der Waals surface area contributed by atoms with Gasteiger partial charge in [-0.1, -0.05) is 6.07 Å². The molecule has 1 unspecified atom stereocenters. The molecule has 8 heteroatoms. The average molecular weight is 291 g/mol. The van der Waals surface area contributed by atoms with Crippen molar-refractivity contribution in [2.45, 2.75) is 12.6 Å². The van der Waals surface area contributed by atoms with Crippen LogP contribution in [0.5, 0.6) is 0 Å². The second-order valence-electron chi connectivity index (χ2n) is 4.38. The van der Waals surface area contributed by atoms with Gasteiger partial charge in [0.15, 0.2) is 0 Å². The van der Waals surface area contributed by atoms with Gasteiger partial charge in [-0.2, -0.15) is 13.2 Å². The Morgan fingerprint density at radius 2 is 2.00 bits per heavy atom. The molecule has 1 aromatic rings. The number of carbonyl (C=O) groups excluding carboxylic acids is 1. The number of carboxylic acids is 1. The van der Waals surface area contributed by atoms with E-state index in [2.05, 4.69) is 0 Å². The van der Waals surface area contributed by atoms with Crippen LogP contribution in [-0.2, 0) is 15.8 Å². The SMILES string of the molecule is O=C(O)C1CC(=O)N(c2c(F)cccc2C(F)(F)F)C1. The smallest absolute Gasteiger partial charge is 0.418 e. The first-order valence-corrected chi connectivity index (χ1v) is 5.60. The number of aliphatic carboxylic acids is 1. The number of nitrogens with zero attached hydrogens (tertiary/aromatic N) is 1. The number of amides is 1.